The Bertz CT molecular complexity index is 127. The summed E-state index contributed by atoms with van der Waals surface area (Å²) in [7, 11) is 0. The molecule has 0 fully saturated rings. The SMILES string of the molecule is N#CCCCC(=O)ON. The van der Waals surface area contributed by atoms with E-state index < -0.39 is 5.97 Å². The van der Waals surface area contributed by atoms with Crippen LogP contribution in [0.2, 0.25) is 0 Å². The van der Waals surface area contributed by atoms with Crippen LogP contribution >= 0.6 is 0 Å². The van der Waals surface area contributed by atoms with Crippen molar-refractivity contribution in [2.45, 2.75) is 19.3 Å². The lowest BCUT2D eigenvalue weighted by Crippen LogP contribution is -2.08. The molecule has 0 rings (SSSR count). The molecule has 0 atom stereocenters. The first-order valence-electron chi connectivity index (χ1n) is 2.57. The van der Waals surface area contributed by atoms with E-state index in [4.69, 9.17) is 5.26 Å². The molecule has 0 aromatic rings. The fourth-order valence-corrected chi connectivity index (χ4v) is 0.371. The van der Waals surface area contributed by atoms with Gasteiger partial charge < -0.3 is 4.84 Å². The minimum Gasteiger partial charge on any atom is -0.373 e. The Kier molecular flexibility index (Phi) is 4.46. The second-order valence-corrected chi connectivity index (χ2v) is 1.50. The highest BCUT2D eigenvalue weighted by Gasteiger charge is 1.97. The summed E-state index contributed by atoms with van der Waals surface area (Å²) in [6.45, 7) is 0. The predicted octanol–water partition coefficient (Wildman–Crippen LogP) is 0.0972. The van der Waals surface area contributed by atoms with Gasteiger partial charge in [-0.1, -0.05) is 0 Å². The maximum Gasteiger partial charge on any atom is 0.324 e. The van der Waals surface area contributed by atoms with E-state index in [1.54, 1.807) is 0 Å². The molecule has 0 spiro atoms. The number of carbonyl (C=O) groups excluding carboxylic acids is 1. The summed E-state index contributed by atoms with van der Waals surface area (Å²) >= 11 is 0. The number of nitriles is 1. The van der Waals surface area contributed by atoms with Crippen LogP contribution in [0, 0.1) is 11.3 Å². The Morgan fingerprint density at radius 1 is 1.78 bits per heavy atom. The highest BCUT2D eigenvalue weighted by Crippen LogP contribution is 1.93. The van der Waals surface area contributed by atoms with Crippen molar-refractivity contribution < 1.29 is 9.63 Å². The van der Waals surface area contributed by atoms with Crippen LogP contribution in [-0.2, 0) is 9.63 Å². The zero-order valence-corrected chi connectivity index (χ0v) is 4.96. The summed E-state index contributed by atoms with van der Waals surface area (Å²) < 4.78 is 0. The zero-order valence-electron chi connectivity index (χ0n) is 4.96. The molecule has 0 aromatic heterocycles. The standard InChI is InChI=1S/C5H8N2O2/c6-4-2-1-3-5(8)9-7/h1-3,7H2. The van der Waals surface area contributed by atoms with Crippen molar-refractivity contribution >= 4 is 5.97 Å². The van der Waals surface area contributed by atoms with Crippen molar-refractivity contribution in [3.05, 3.63) is 0 Å². The number of rotatable bonds is 3. The van der Waals surface area contributed by atoms with E-state index in [1.807, 2.05) is 6.07 Å². The van der Waals surface area contributed by atoms with Gasteiger partial charge in [0.25, 0.3) is 0 Å². The van der Waals surface area contributed by atoms with Gasteiger partial charge in [-0.2, -0.15) is 11.2 Å². The summed E-state index contributed by atoms with van der Waals surface area (Å²) in [5.41, 5.74) is 0. The topological polar surface area (TPSA) is 76.1 Å². The molecule has 4 heteroatoms. The molecule has 0 aromatic carbocycles. The molecule has 50 valence electrons. The molecule has 2 N–H and O–H groups in total. The second-order valence-electron chi connectivity index (χ2n) is 1.50. The Morgan fingerprint density at radius 2 is 2.44 bits per heavy atom. The third kappa shape index (κ3) is 4.78. The monoisotopic (exact) mass is 128 g/mol. The van der Waals surface area contributed by atoms with Crippen LogP contribution in [0.3, 0.4) is 0 Å². The largest absolute Gasteiger partial charge is 0.373 e. The lowest BCUT2D eigenvalue weighted by Gasteiger charge is -1.91. The lowest BCUT2D eigenvalue weighted by molar-refractivity contribution is -0.144. The van der Waals surface area contributed by atoms with Crippen molar-refractivity contribution in [1.82, 2.24) is 0 Å². The van der Waals surface area contributed by atoms with E-state index in [0.717, 1.165) is 0 Å². The van der Waals surface area contributed by atoms with Crippen molar-refractivity contribution in [3.8, 4) is 6.07 Å². The molecule has 0 aliphatic carbocycles. The average molecular weight is 128 g/mol. The number of unbranched alkanes of at least 4 members (excludes halogenated alkanes) is 1. The number of carbonyl (C=O) groups is 1. The minimum absolute atomic E-state index is 0.226. The summed E-state index contributed by atoms with van der Waals surface area (Å²) in [6.07, 6.45) is 1.12. The Morgan fingerprint density at radius 3 is 2.89 bits per heavy atom. The van der Waals surface area contributed by atoms with Crippen LogP contribution < -0.4 is 5.90 Å². The van der Waals surface area contributed by atoms with Crippen molar-refractivity contribution in [2.75, 3.05) is 0 Å². The fraction of sp³-hybridized carbons (Fsp3) is 0.600. The fourth-order valence-electron chi connectivity index (χ4n) is 0.371. The molecule has 0 heterocycles. The van der Waals surface area contributed by atoms with Gasteiger partial charge in [-0.05, 0) is 6.42 Å². The quantitative estimate of drug-likeness (QED) is 0.432. The Labute approximate surface area is 53.2 Å². The van der Waals surface area contributed by atoms with Gasteiger partial charge in [0.1, 0.15) is 0 Å². The van der Waals surface area contributed by atoms with Gasteiger partial charge >= 0.3 is 5.97 Å². The predicted molar refractivity (Wildman–Crippen MR) is 29.7 cm³/mol. The Balaban J connectivity index is 3.09. The van der Waals surface area contributed by atoms with Crippen molar-refractivity contribution in [2.24, 2.45) is 5.90 Å². The van der Waals surface area contributed by atoms with E-state index in [9.17, 15) is 4.79 Å². The molecule has 0 aliphatic heterocycles. The molecular weight excluding hydrogens is 120 g/mol. The van der Waals surface area contributed by atoms with Gasteiger partial charge in [0, 0.05) is 12.8 Å². The van der Waals surface area contributed by atoms with Gasteiger partial charge in [0.2, 0.25) is 0 Å². The maximum absolute atomic E-state index is 10.2. The molecular formula is C5H8N2O2. The highest BCUT2D eigenvalue weighted by atomic mass is 16.7. The molecule has 0 unspecified atom stereocenters. The van der Waals surface area contributed by atoms with Crippen LogP contribution in [0.25, 0.3) is 0 Å². The van der Waals surface area contributed by atoms with Crippen molar-refractivity contribution in [3.63, 3.8) is 0 Å². The van der Waals surface area contributed by atoms with Crippen LogP contribution in [0.4, 0.5) is 0 Å². The first-order chi connectivity index (χ1) is 4.31. The molecule has 0 amide bonds. The van der Waals surface area contributed by atoms with E-state index >= 15 is 0 Å². The summed E-state index contributed by atoms with van der Waals surface area (Å²) in [6, 6.07) is 1.90. The smallest absolute Gasteiger partial charge is 0.324 e. The molecule has 0 saturated carbocycles. The zero-order chi connectivity index (χ0) is 7.11. The van der Waals surface area contributed by atoms with Crippen LogP contribution in [-0.4, -0.2) is 5.97 Å². The third-order valence-electron chi connectivity index (χ3n) is 0.801. The first kappa shape index (κ1) is 7.92. The minimum atomic E-state index is -0.467. The molecule has 0 bridgehead atoms. The second kappa shape index (κ2) is 5.06. The molecule has 9 heavy (non-hydrogen) atoms. The number of hydrogen-bond acceptors (Lipinski definition) is 4. The van der Waals surface area contributed by atoms with E-state index in [-0.39, 0.29) is 6.42 Å². The van der Waals surface area contributed by atoms with Gasteiger partial charge in [0.05, 0.1) is 6.07 Å². The molecule has 0 aliphatic rings. The first-order valence-corrected chi connectivity index (χ1v) is 2.57. The van der Waals surface area contributed by atoms with E-state index in [0.29, 0.717) is 12.8 Å². The van der Waals surface area contributed by atoms with Gasteiger partial charge in [-0.3, -0.25) is 4.79 Å². The van der Waals surface area contributed by atoms with Gasteiger partial charge in [0.15, 0.2) is 0 Å². The number of hydrogen-bond donors (Lipinski definition) is 1. The van der Waals surface area contributed by atoms with Crippen LogP contribution in [0.5, 0.6) is 0 Å². The van der Waals surface area contributed by atoms with Gasteiger partial charge in [-0.15, -0.1) is 0 Å². The molecule has 4 nitrogen and oxygen atoms in total. The lowest BCUT2D eigenvalue weighted by atomic mass is 10.2. The average Bonchev–Trinajstić information content (AvgIpc) is 1.89. The maximum atomic E-state index is 10.2. The summed E-state index contributed by atoms with van der Waals surface area (Å²) in [5.74, 6) is 4.05. The highest BCUT2D eigenvalue weighted by molar-refractivity contribution is 5.68. The number of nitrogens with zero attached hydrogens (tertiary/aromatic N) is 1. The van der Waals surface area contributed by atoms with Crippen LogP contribution in [0.15, 0.2) is 0 Å². The Hall–Kier alpha value is -1.08. The third-order valence-corrected chi connectivity index (χ3v) is 0.801. The molecule has 0 saturated heterocycles. The van der Waals surface area contributed by atoms with Gasteiger partial charge in [-0.25, -0.2) is 0 Å². The normalized spacial score (nSPS) is 8.00. The van der Waals surface area contributed by atoms with Crippen molar-refractivity contribution in [1.29, 1.82) is 5.26 Å². The van der Waals surface area contributed by atoms with Crippen LogP contribution in [0.1, 0.15) is 19.3 Å². The van der Waals surface area contributed by atoms with E-state index in [1.165, 1.54) is 0 Å². The molecule has 0 radical (unpaired) electrons. The summed E-state index contributed by atoms with van der Waals surface area (Å²) in [4.78, 5) is 14.1. The number of nitrogens with two attached hydrogens (primary N) is 1. The summed E-state index contributed by atoms with van der Waals surface area (Å²) in [5, 5.41) is 8.02. The van der Waals surface area contributed by atoms with E-state index in [2.05, 4.69) is 10.7 Å².